The molecule has 0 N–H and O–H groups in total. The molecule has 22 heavy (non-hydrogen) atoms. The van der Waals surface area contributed by atoms with E-state index in [-0.39, 0.29) is 5.97 Å². The molecule has 0 heterocycles. The molecule has 0 radical (unpaired) electrons. The second kappa shape index (κ2) is 13.4. The molecule has 0 fully saturated rings. The third-order valence-electron chi connectivity index (χ3n) is 3.50. The molecule has 0 aliphatic carbocycles. The summed E-state index contributed by atoms with van der Waals surface area (Å²) in [6.07, 6.45) is 7.18. The van der Waals surface area contributed by atoms with Crippen molar-refractivity contribution in [3.8, 4) is 0 Å². The molecule has 0 aromatic heterocycles. The lowest BCUT2D eigenvalue weighted by Crippen LogP contribution is -2.16. The molecule has 0 spiro atoms. The first-order valence-corrected chi connectivity index (χ1v) is 8.62. The molecule has 0 saturated heterocycles. The summed E-state index contributed by atoms with van der Waals surface area (Å²) in [5, 5.41) is 0. The Labute approximate surface area is 135 Å². The van der Waals surface area contributed by atoms with Gasteiger partial charge in [0, 0.05) is 11.1 Å². The van der Waals surface area contributed by atoms with Crippen LogP contribution in [0.1, 0.15) is 79.1 Å². The van der Waals surface area contributed by atoms with Crippen molar-refractivity contribution in [1.82, 2.24) is 0 Å². The van der Waals surface area contributed by atoms with Gasteiger partial charge in [-0.1, -0.05) is 46.5 Å². The summed E-state index contributed by atoms with van der Waals surface area (Å²) in [6.45, 7) is 8.66. The number of hydrogen-bond acceptors (Lipinski definition) is 4. The van der Waals surface area contributed by atoms with E-state index < -0.39 is 5.97 Å². The standard InChI is InChI=1S/C18H32O4/c1-5-8-11-12-16(18(20)22-14-10-7-3)15(4)17(19)21-13-9-6-2/h5-14H2,1-4H3/b16-15-. The van der Waals surface area contributed by atoms with Crippen molar-refractivity contribution >= 4 is 11.9 Å². The molecule has 128 valence electrons. The van der Waals surface area contributed by atoms with E-state index in [2.05, 4.69) is 6.92 Å². The van der Waals surface area contributed by atoms with Crippen LogP contribution in [-0.4, -0.2) is 25.2 Å². The average molecular weight is 312 g/mol. The fourth-order valence-electron chi connectivity index (χ4n) is 1.93. The molecular weight excluding hydrogens is 280 g/mol. The van der Waals surface area contributed by atoms with Crippen molar-refractivity contribution in [1.29, 1.82) is 0 Å². The van der Waals surface area contributed by atoms with E-state index in [0.717, 1.165) is 44.9 Å². The second-order valence-electron chi connectivity index (χ2n) is 5.54. The van der Waals surface area contributed by atoms with E-state index >= 15 is 0 Å². The largest absolute Gasteiger partial charge is 0.462 e. The summed E-state index contributed by atoms with van der Waals surface area (Å²) in [4.78, 5) is 24.2. The van der Waals surface area contributed by atoms with E-state index in [1.807, 2.05) is 13.8 Å². The molecule has 0 amide bonds. The van der Waals surface area contributed by atoms with Crippen molar-refractivity contribution in [2.75, 3.05) is 13.2 Å². The molecule has 0 bridgehead atoms. The zero-order chi connectivity index (χ0) is 16.8. The first-order chi connectivity index (χ1) is 10.6. The van der Waals surface area contributed by atoms with Gasteiger partial charge in [0.2, 0.25) is 0 Å². The molecule has 0 aliphatic heterocycles. The lowest BCUT2D eigenvalue weighted by Gasteiger charge is -2.12. The number of unbranched alkanes of at least 4 members (excludes halogenated alkanes) is 4. The Bertz CT molecular complexity index is 358. The zero-order valence-electron chi connectivity index (χ0n) is 14.7. The molecule has 4 nitrogen and oxygen atoms in total. The van der Waals surface area contributed by atoms with Gasteiger partial charge in [0.05, 0.1) is 13.2 Å². The maximum Gasteiger partial charge on any atom is 0.334 e. The Balaban J connectivity index is 4.80. The van der Waals surface area contributed by atoms with Gasteiger partial charge in [-0.15, -0.1) is 0 Å². The summed E-state index contributed by atoms with van der Waals surface area (Å²) in [5.74, 6) is -0.762. The highest BCUT2D eigenvalue weighted by molar-refractivity contribution is 5.99. The number of carbonyl (C=O) groups excluding carboxylic acids is 2. The highest BCUT2D eigenvalue weighted by atomic mass is 16.5. The van der Waals surface area contributed by atoms with Crippen LogP contribution in [0.4, 0.5) is 0 Å². The van der Waals surface area contributed by atoms with Gasteiger partial charge in [-0.25, -0.2) is 9.59 Å². The molecule has 0 aromatic carbocycles. The van der Waals surface area contributed by atoms with Gasteiger partial charge in [0.25, 0.3) is 0 Å². The minimum atomic E-state index is -0.396. The van der Waals surface area contributed by atoms with Gasteiger partial charge in [-0.2, -0.15) is 0 Å². The van der Waals surface area contributed by atoms with E-state index in [1.165, 1.54) is 0 Å². The Morgan fingerprint density at radius 1 is 0.727 bits per heavy atom. The highest BCUT2D eigenvalue weighted by Crippen LogP contribution is 2.17. The van der Waals surface area contributed by atoms with Gasteiger partial charge in [-0.3, -0.25) is 0 Å². The molecular formula is C18H32O4. The zero-order valence-corrected chi connectivity index (χ0v) is 14.7. The minimum Gasteiger partial charge on any atom is -0.462 e. The normalized spacial score (nSPS) is 11.8. The Kier molecular flexibility index (Phi) is 12.5. The number of hydrogen-bond donors (Lipinski definition) is 0. The van der Waals surface area contributed by atoms with E-state index in [0.29, 0.717) is 30.8 Å². The number of ether oxygens (including phenoxy) is 2. The first-order valence-electron chi connectivity index (χ1n) is 8.62. The Morgan fingerprint density at radius 3 is 1.73 bits per heavy atom. The highest BCUT2D eigenvalue weighted by Gasteiger charge is 2.19. The third kappa shape index (κ3) is 8.85. The predicted octanol–water partition coefficient (Wildman–Crippen LogP) is 4.57. The van der Waals surface area contributed by atoms with E-state index in [1.54, 1.807) is 6.92 Å². The second-order valence-corrected chi connectivity index (χ2v) is 5.54. The van der Waals surface area contributed by atoms with E-state index in [4.69, 9.17) is 9.47 Å². The van der Waals surface area contributed by atoms with Crippen LogP contribution >= 0.6 is 0 Å². The Hall–Kier alpha value is -1.32. The van der Waals surface area contributed by atoms with Crippen LogP contribution in [0.2, 0.25) is 0 Å². The maximum atomic E-state index is 12.2. The van der Waals surface area contributed by atoms with Crippen LogP contribution in [0.25, 0.3) is 0 Å². The van der Waals surface area contributed by atoms with Gasteiger partial charge >= 0.3 is 11.9 Å². The van der Waals surface area contributed by atoms with Crippen molar-refractivity contribution in [2.45, 2.75) is 79.1 Å². The number of rotatable bonds is 12. The van der Waals surface area contributed by atoms with Crippen LogP contribution in [0.15, 0.2) is 11.1 Å². The maximum absolute atomic E-state index is 12.2. The summed E-state index contributed by atoms with van der Waals surface area (Å²) in [7, 11) is 0. The molecule has 0 atom stereocenters. The smallest absolute Gasteiger partial charge is 0.334 e. The fourth-order valence-corrected chi connectivity index (χ4v) is 1.93. The predicted molar refractivity (Wildman–Crippen MR) is 88.6 cm³/mol. The number of esters is 2. The molecule has 0 saturated carbocycles. The van der Waals surface area contributed by atoms with Crippen molar-refractivity contribution in [2.24, 2.45) is 0 Å². The lowest BCUT2D eigenvalue weighted by atomic mass is 10.0. The average Bonchev–Trinajstić information content (AvgIpc) is 2.51. The van der Waals surface area contributed by atoms with Crippen molar-refractivity contribution < 1.29 is 19.1 Å². The summed E-state index contributed by atoms with van der Waals surface area (Å²) < 4.78 is 10.5. The van der Waals surface area contributed by atoms with Gasteiger partial charge in [-0.05, 0) is 32.6 Å². The van der Waals surface area contributed by atoms with E-state index in [9.17, 15) is 9.59 Å². The fraction of sp³-hybridized carbons (Fsp3) is 0.778. The van der Waals surface area contributed by atoms with Crippen LogP contribution in [0.3, 0.4) is 0 Å². The minimum absolute atomic E-state index is 0.366. The van der Waals surface area contributed by atoms with Gasteiger partial charge in [0.1, 0.15) is 0 Å². The van der Waals surface area contributed by atoms with Crippen LogP contribution in [0.5, 0.6) is 0 Å². The molecule has 0 unspecified atom stereocenters. The lowest BCUT2D eigenvalue weighted by molar-refractivity contribution is -0.142. The van der Waals surface area contributed by atoms with Crippen LogP contribution in [0, 0.1) is 0 Å². The Morgan fingerprint density at radius 2 is 1.23 bits per heavy atom. The van der Waals surface area contributed by atoms with Crippen LogP contribution in [-0.2, 0) is 19.1 Å². The molecule has 4 heteroatoms. The summed E-state index contributed by atoms with van der Waals surface area (Å²) in [5.41, 5.74) is 0.875. The van der Waals surface area contributed by atoms with Gasteiger partial charge < -0.3 is 9.47 Å². The van der Waals surface area contributed by atoms with Crippen molar-refractivity contribution in [3.05, 3.63) is 11.1 Å². The molecule has 0 rings (SSSR count). The van der Waals surface area contributed by atoms with Crippen molar-refractivity contribution in [3.63, 3.8) is 0 Å². The third-order valence-corrected chi connectivity index (χ3v) is 3.50. The first kappa shape index (κ1) is 20.7. The number of carbonyl (C=O) groups is 2. The molecule has 0 aliphatic rings. The summed E-state index contributed by atoms with van der Waals surface area (Å²) >= 11 is 0. The van der Waals surface area contributed by atoms with Crippen LogP contribution < -0.4 is 0 Å². The molecule has 0 aromatic rings. The SMILES string of the molecule is CCCCC/C(C(=O)OCCCC)=C(\C)C(=O)OCCCC. The topological polar surface area (TPSA) is 52.6 Å². The quantitative estimate of drug-likeness (QED) is 0.301. The van der Waals surface area contributed by atoms with Gasteiger partial charge in [0.15, 0.2) is 0 Å². The summed E-state index contributed by atoms with van der Waals surface area (Å²) in [6, 6.07) is 0. The monoisotopic (exact) mass is 312 g/mol.